The van der Waals surface area contributed by atoms with Crippen molar-refractivity contribution in [1.29, 1.82) is 0 Å². The molecule has 178 valence electrons. The molecule has 2 aliphatic rings. The summed E-state index contributed by atoms with van der Waals surface area (Å²) in [7, 11) is 3.80. The van der Waals surface area contributed by atoms with E-state index >= 15 is 0 Å². The summed E-state index contributed by atoms with van der Waals surface area (Å²) in [5.41, 5.74) is 4.17. The number of carbonyl (C=O) groups excluding carboxylic acids is 1. The van der Waals surface area contributed by atoms with Crippen molar-refractivity contribution in [3.05, 3.63) is 53.2 Å². The van der Waals surface area contributed by atoms with Crippen LogP contribution in [0.5, 0.6) is 5.75 Å². The van der Waals surface area contributed by atoms with Gasteiger partial charge in [0.15, 0.2) is 5.65 Å². The van der Waals surface area contributed by atoms with Crippen LogP contribution in [0.1, 0.15) is 29.5 Å². The summed E-state index contributed by atoms with van der Waals surface area (Å²) in [6.45, 7) is 2.61. The Morgan fingerprint density at radius 1 is 1.26 bits per heavy atom. The minimum atomic E-state index is -0.259. The highest BCUT2D eigenvalue weighted by Gasteiger charge is 2.22. The predicted octanol–water partition coefficient (Wildman–Crippen LogP) is 2.38. The van der Waals surface area contributed by atoms with Crippen LogP contribution in [0, 0.1) is 5.82 Å². The van der Waals surface area contributed by atoms with E-state index in [0.29, 0.717) is 49.8 Å². The molecule has 34 heavy (non-hydrogen) atoms. The zero-order valence-electron chi connectivity index (χ0n) is 19.4. The van der Waals surface area contributed by atoms with Crippen LogP contribution >= 0.6 is 0 Å². The van der Waals surface area contributed by atoms with Crippen molar-refractivity contribution in [2.24, 2.45) is 0 Å². The number of fused-ring (bicyclic) bond motifs is 2. The third-order valence-electron chi connectivity index (χ3n) is 6.29. The van der Waals surface area contributed by atoms with Crippen LogP contribution in [0.15, 0.2) is 30.7 Å². The van der Waals surface area contributed by atoms with E-state index in [0.717, 1.165) is 35.3 Å². The predicted molar refractivity (Wildman–Crippen MR) is 126 cm³/mol. The van der Waals surface area contributed by atoms with Crippen LogP contribution in [0.25, 0.3) is 11.2 Å². The zero-order chi connectivity index (χ0) is 23.7. The number of ether oxygens (including phenoxy) is 1. The molecule has 0 spiro atoms. The Morgan fingerprint density at radius 3 is 3.00 bits per heavy atom. The van der Waals surface area contributed by atoms with Gasteiger partial charge in [0.25, 0.3) is 0 Å². The van der Waals surface area contributed by atoms with Crippen molar-refractivity contribution in [3.63, 3.8) is 0 Å². The first-order valence-electron chi connectivity index (χ1n) is 11.5. The largest absolute Gasteiger partial charge is 0.493 e. The van der Waals surface area contributed by atoms with Crippen LogP contribution in [-0.2, 0) is 17.8 Å². The number of aromatic nitrogens is 4. The third-order valence-corrected chi connectivity index (χ3v) is 6.29. The smallest absolute Gasteiger partial charge is 0.236 e. The molecule has 4 heterocycles. The molecule has 0 saturated heterocycles. The summed E-state index contributed by atoms with van der Waals surface area (Å²) >= 11 is 0. The minimum absolute atomic E-state index is 0.134. The van der Waals surface area contributed by atoms with Crippen molar-refractivity contribution in [1.82, 2.24) is 29.4 Å². The van der Waals surface area contributed by atoms with Gasteiger partial charge in [-0.2, -0.15) is 0 Å². The summed E-state index contributed by atoms with van der Waals surface area (Å²) in [5, 5.41) is 11.7. The van der Waals surface area contributed by atoms with Gasteiger partial charge in [-0.15, -0.1) is 10.2 Å². The molecule has 1 aromatic carbocycles. The van der Waals surface area contributed by atoms with Crippen LogP contribution in [0.2, 0.25) is 0 Å². The molecule has 0 saturated carbocycles. The highest BCUT2D eigenvalue weighted by Crippen LogP contribution is 2.31. The lowest BCUT2D eigenvalue weighted by atomic mass is 10.0. The van der Waals surface area contributed by atoms with Crippen molar-refractivity contribution < 1.29 is 13.9 Å². The molecule has 5 rings (SSSR count). The zero-order valence-corrected chi connectivity index (χ0v) is 19.4. The molecular weight excluding hydrogens is 437 g/mol. The van der Waals surface area contributed by atoms with Gasteiger partial charge in [-0.25, -0.2) is 9.37 Å². The number of nitrogens with one attached hydrogen (secondary N) is 1. The lowest BCUT2D eigenvalue weighted by molar-refractivity contribution is -0.131. The van der Waals surface area contributed by atoms with Gasteiger partial charge in [0, 0.05) is 48.9 Å². The SMILES string of the molecule is CN(C)CC(=O)N1CCC=C(c2cnc(NCc3c(F)ccc4c3CCO4)n3cnnc23)CC1. The second-order valence-corrected chi connectivity index (χ2v) is 8.86. The Bertz CT molecular complexity index is 1250. The minimum Gasteiger partial charge on any atom is -0.493 e. The van der Waals surface area contributed by atoms with Gasteiger partial charge >= 0.3 is 0 Å². The third kappa shape index (κ3) is 4.33. The summed E-state index contributed by atoms with van der Waals surface area (Å²) in [6, 6.07) is 3.12. The Kier molecular flexibility index (Phi) is 6.14. The number of rotatable bonds is 6. The Hall–Kier alpha value is -3.53. The standard InChI is InChI=1S/C24H28FN7O2/c1-30(2)14-22(33)31-9-3-4-16(7-10-31)18-12-26-24(32-15-28-29-23(18)32)27-13-19-17-8-11-34-21(17)6-5-20(19)25/h4-6,12,15H,3,7-11,13-14H2,1-2H3,(H,26,27). The van der Waals surface area contributed by atoms with E-state index in [1.807, 2.05) is 23.9 Å². The monoisotopic (exact) mass is 465 g/mol. The van der Waals surface area contributed by atoms with Gasteiger partial charge in [-0.05, 0) is 44.6 Å². The highest BCUT2D eigenvalue weighted by atomic mass is 19.1. The molecule has 0 radical (unpaired) electrons. The van der Waals surface area contributed by atoms with Crippen LogP contribution in [0.3, 0.4) is 0 Å². The lowest BCUT2D eigenvalue weighted by Crippen LogP contribution is -2.38. The fourth-order valence-corrected chi connectivity index (χ4v) is 4.58. The van der Waals surface area contributed by atoms with Crippen LogP contribution in [-0.4, -0.2) is 75.6 Å². The summed E-state index contributed by atoms with van der Waals surface area (Å²) < 4.78 is 21.9. The number of nitrogens with zero attached hydrogens (tertiary/aromatic N) is 6. The molecule has 2 aromatic heterocycles. The first-order valence-corrected chi connectivity index (χ1v) is 11.5. The Balaban J connectivity index is 1.34. The van der Waals surface area contributed by atoms with Crippen molar-refractivity contribution in [2.45, 2.75) is 25.8 Å². The van der Waals surface area contributed by atoms with E-state index in [9.17, 15) is 9.18 Å². The van der Waals surface area contributed by atoms with E-state index < -0.39 is 0 Å². The number of hydrogen-bond donors (Lipinski definition) is 1. The summed E-state index contributed by atoms with van der Waals surface area (Å²) in [4.78, 5) is 20.9. The molecule has 0 unspecified atom stereocenters. The first-order chi connectivity index (χ1) is 16.5. The molecule has 3 aromatic rings. The van der Waals surface area contributed by atoms with Crippen LogP contribution in [0.4, 0.5) is 10.3 Å². The molecule has 0 aliphatic carbocycles. The maximum atomic E-state index is 14.5. The molecule has 0 bridgehead atoms. The van der Waals surface area contributed by atoms with E-state index in [2.05, 4.69) is 26.6 Å². The number of anilines is 1. The Morgan fingerprint density at radius 2 is 2.15 bits per heavy atom. The average Bonchev–Trinajstić information content (AvgIpc) is 3.42. The second-order valence-electron chi connectivity index (χ2n) is 8.86. The van der Waals surface area contributed by atoms with Gasteiger partial charge in [-0.1, -0.05) is 6.08 Å². The molecule has 0 atom stereocenters. The van der Waals surface area contributed by atoms with Crippen molar-refractivity contribution >= 4 is 23.1 Å². The van der Waals surface area contributed by atoms with Gasteiger partial charge in [0.2, 0.25) is 11.9 Å². The second kappa shape index (κ2) is 9.38. The number of likely N-dealkylation sites (N-methyl/N-ethyl adjacent to an activating group) is 1. The quantitative estimate of drug-likeness (QED) is 0.598. The topological polar surface area (TPSA) is 87.9 Å². The molecular formula is C24H28FN7O2. The molecule has 2 aliphatic heterocycles. The molecule has 0 fully saturated rings. The van der Waals surface area contributed by atoms with Gasteiger partial charge < -0.3 is 19.9 Å². The molecule has 10 heteroatoms. The number of hydrogen-bond acceptors (Lipinski definition) is 7. The normalized spacial score (nSPS) is 15.8. The average molecular weight is 466 g/mol. The first kappa shape index (κ1) is 22.3. The van der Waals surface area contributed by atoms with Crippen molar-refractivity contribution in [2.75, 3.05) is 45.7 Å². The van der Waals surface area contributed by atoms with Gasteiger partial charge in [0.1, 0.15) is 17.9 Å². The molecule has 1 amide bonds. The summed E-state index contributed by atoms with van der Waals surface area (Å²) in [5.74, 6) is 1.16. The van der Waals surface area contributed by atoms with E-state index in [-0.39, 0.29) is 18.3 Å². The number of halogens is 1. The highest BCUT2D eigenvalue weighted by molar-refractivity contribution is 5.80. The van der Waals surface area contributed by atoms with E-state index in [4.69, 9.17) is 4.74 Å². The lowest BCUT2D eigenvalue weighted by Gasteiger charge is -2.22. The fraction of sp³-hybridized carbons (Fsp3) is 0.417. The summed E-state index contributed by atoms with van der Waals surface area (Å²) in [6.07, 6.45) is 7.73. The number of benzene rings is 1. The van der Waals surface area contributed by atoms with E-state index in [1.54, 1.807) is 23.0 Å². The van der Waals surface area contributed by atoms with E-state index in [1.165, 1.54) is 6.07 Å². The maximum absolute atomic E-state index is 14.5. The number of carbonyl (C=O) groups is 1. The fourth-order valence-electron chi connectivity index (χ4n) is 4.58. The van der Waals surface area contributed by atoms with Crippen LogP contribution < -0.4 is 10.1 Å². The molecule has 1 N–H and O–H groups in total. The van der Waals surface area contributed by atoms with Gasteiger partial charge in [-0.3, -0.25) is 9.20 Å². The molecule has 9 nitrogen and oxygen atoms in total. The maximum Gasteiger partial charge on any atom is 0.236 e. The van der Waals surface area contributed by atoms with Crippen molar-refractivity contribution in [3.8, 4) is 5.75 Å². The van der Waals surface area contributed by atoms with Gasteiger partial charge in [0.05, 0.1) is 13.2 Å². The number of amides is 1. The Labute approximate surface area is 197 Å².